The topological polar surface area (TPSA) is 55.1 Å². The first kappa shape index (κ1) is 12.9. The number of fused-ring (bicyclic) bond motifs is 1. The second kappa shape index (κ2) is 4.78. The number of aromatic nitrogens is 2. The van der Waals surface area contributed by atoms with Crippen molar-refractivity contribution >= 4 is 5.97 Å². The maximum Gasteiger partial charge on any atom is 0.356 e. The van der Waals surface area contributed by atoms with Crippen molar-refractivity contribution in [2.75, 3.05) is 0 Å². The third-order valence-electron chi connectivity index (χ3n) is 4.00. The highest BCUT2D eigenvalue weighted by molar-refractivity contribution is 5.88. The predicted molar refractivity (Wildman–Crippen MR) is 77.0 cm³/mol. The fourth-order valence-corrected chi connectivity index (χ4v) is 2.96. The van der Waals surface area contributed by atoms with Crippen LogP contribution in [0.25, 0.3) is 11.4 Å². The molecule has 104 valence electrons. The van der Waals surface area contributed by atoms with E-state index in [1.807, 2.05) is 31.2 Å². The van der Waals surface area contributed by atoms with Crippen LogP contribution in [0.2, 0.25) is 0 Å². The van der Waals surface area contributed by atoms with Gasteiger partial charge in [0, 0.05) is 12.1 Å². The first-order chi connectivity index (χ1) is 9.58. The summed E-state index contributed by atoms with van der Waals surface area (Å²) in [6, 6.07) is 8.08. The average Bonchev–Trinajstić information content (AvgIpc) is 2.81. The molecule has 4 nitrogen and oxygen atoms in total. The molecule has 0 saturated carbocycles. The lowest BCUT2D eigenvalue weighted by molar-refractivity contribution is 0.0688. The number of carboxylic acids is 1. The third kappa shape index (κ3) is 2.01. The van der Waals surface area contributed by atoms with Gasteiger partial charge in [0.25, 0.3) is 0 Å². The summed E-state index contributed by atoms with van der Waals surface area (Å²) in [6.45, 7) is 4.97. The van der Waals surface area contributed by atoms with Gasteiger partial charge < -0.3 is 9.67 Å². The van der Waals surface area contributed by atoms with Crippen LogP contribution in [0.15, 0.2) is 24.3 Å². The highest BCUT2D eigenvalue weighted by Crippen LogP contribution is 2.34. The van der Waals surface area contributed by atoms with E-state index < -0.39 is 5.97 Å². The van der Waals surface area contributed by atoms with E-state index in [1.165, 1.54) is 5.56 Å². The monoisotopic (exact) mass is 270 g/mol. The van der Waals surface area contributed by atoms with Gasteiger partial charge in [-0.2, -0.15) is 0 Å². The van der Waals surface area contributed by atoms with Crippen LogP contribution in [0.4, 0.5) is 0 Å². The largest absolute Gasteiger partial charge is 0.476 e. The minimum Gasteiger partial charge on any atom is -0.476 e. The Bertz CT molecular complexity index is 656. The number of aromatic carboxylic acids is 1. The fraction of sp³-hybridized carbons (Fsp3) is 0.375. The molecule has 1 aromatic heterocycles. The van der Waals surface area contributed by atoms with Gasteiger partial charge in [-0.25, -0.2) is 9.78 Å². The molecule has 1 atom stereocenters. The van der Waals surface area contributed by atoms with Crippen molar-refractivity contribution in [2.45, 2.75) is 39.2 Å². The molecule has 0 fully saturated rings. The number of hydrogen-bond donors (Lipinski definition) is 1. The molecule has 2 heterocycles. The zero-order valence-corrected chi connectivity index (χ0v) is 11.8. The summed E-state index contributed by atoms with van der Waals surface area (Å²) in [5.41, 5.74) is 3.26. The summed E-state index contributed by atoms with van der Waals surface area (Å²) >= 11 is 0. The van der Waals surface area contributed by atoms with Crippen molar-refractivity contribution in [3.8, 4) is 11.4 Å². The average molecular weight is 270 g/mol. The molecule has 1 aliphatic heterocycles. The maximum absolute atomic E-state index is 11.4. The van der Waals surface area contributed by atoms with Gasteiger partial charge in [0.1, 0.15) is 5.82 Å². The first-order valence-corrected chi connectivity index (χ1v) is 6.98. The lowest BCUT2D eigenvalue weighted by Crippen LogP contribution is -2.16. The Kier molecular flexibility index (Phi) is 3.08. The highest BCUT2D eigenvalue weighted by Gasteiger charge is 2.28. The van der Waals surface area contributed by atoms with Crippen LogP contribution in [-0.4, -0.2) is 20.6 Å². The summed E-state index contributed by atoms with van der Waals surface area (Å²) in [7, 11) is 0. The Balaban J connectivity index is 2.19. The molecule has 3 rings (SSSR count). The minimum absolute atomic E-state index is 0.216. The SMILES string of the molecule is Cc1ccc(-c2nc(C(=O)O)c3n2CCCC3C)cc1. The van der Waals surface area contributed by atoms with Crippen molar-refractivity contribution in [3.05, 3.63) is 41.2 Å². The summed E-state index contributed by atoms with van der Waals surface area (Å²) < 4.78 is 2.09. The number of hydrogen-bond acceptors (Lipinski definition) is 2. The van der Waals surface area contributed by atoms with E-state index in [0.29, 0.717) is 0 Å². The van der Waals surface area contributed by atoms with Crippen LogP contribution >= 0.6 is 0 Å². The number of carboxylic acid groups (broad SMARTS) is 1. The van der Waals surface area contributed by atoms with Crippen molar-refractivity contribution in [1.82, 2.24) is 9.55 Å². The Labute approximate surface area is 118 Å². The molecular weight excluding hydrogens is 252 g/mol. The van der Waals surface area contributed by atoms with Crippen LogP contribution in [-0.2, 0) is 6.54 Å². The van der Waals surface area contributed by atoms with E-state index in [1.54, 1.807) is 0 Å². The van der Waals surface area contributed by atoms with Crippen molar-refractivity contribution in [1.29, 1.82) is 0 Å². The molecule has 4 heteroatoms. The van der Waals surface area contributed by atoms with Crippen LogP contribution in [0.5, 0.6) is 0 Å². The predicted octanol–water partition coefficient (Wildman–Crippen LogP) is 3.45. The molecule has 0 aliphatic carbocycles. The first-order valence-electron chi connectivity index (χ1n) is 6.98. The van der Waals surface area contributed by atoms with Crippen molar-refractivity contribution in [3.63, 3.8) is 0 Å². The van der Waals surface area contributed by atoms with Gasteiger partial charge in [-0.15, -0.1) is 0 Å². The van der Waals surface area contributed by atoms with E-state index in [-0.39, 0.29) is 11.6 Å². The van der Waals surface area contributed by atoms with E-state index in [4.69, 9.17) is 0 Å². The van der Waals surface area contributed by atoms with E-state index >= 15 is 0 Å². The number of imidazole rings is 1. The number of rotatable bonds is 2. The van der Waals surface area contributed by atoms with E-state index in [9.17, 15) is 9.90 Å². The zero-order valence-electron chi connectivity index (χ0n) is 11.8. The Morgan fingerprint density at radius 1 is 1.35 bits per heavy atom. The highest BCUT2D eigenvalue weighted by atomic mass is 16.4. The van der Waals surface area contributed by atoms with Gasteiger partial charge in [-0.3, -0.25) is 0 Å². The summed E-state index contributed by atoms with van der Waals surface area (Å²) in [6.07, 6.45) is 2.10. The van der Waals surface area contributed by atoms with Crippen LogP contribution in [0, 0.1) is 6.92 Å². The minimum atomic E-state index is -0.930. The van der Waals surface area contributed by atoms with Gasteiger partial charge >= 0.3 is 5.97 Å². The quantitative estimate of drug-likeness (QED) is 0.909. The zero-order chi connectivity index (χ0) is 14.3. The second-order valence-corrected chi connectivity index (χ2v) is 5.54. The van der Waals surface area contributed by atoms with Gasteiger partial charge in [0.15, 0.2) is 5.69 Å². The summed E-state index contributed by atoms with van der Waals surface area (Å²) in [4.78, 5) is 15.8. The van der Waals surface area contributed by atoms with Gasteiger partial charge in [0.2, 0.25) is 0 Å². The fourth-order valence-electron chi connectivity index (χ4n) is 2.96. The molecule has 0 saturated heterocycles. The molecule has 0 bridgehead atoms. The van der Waals surface area contributed by atoms with Gasteiger partial charge in [-0.05, 0) is 25.7 Å². The Morgan fingerprint density at radius 2 is 2.05 bits per heavy atom. The molecule has 0 spiro atoms. The van der Waals surface area contributed by atoms with Crippen LogP contribution < -0.4 is 0 Å². The smallest absolute Gasteiger partial charge is 0.356 e. The van der Waals surface area contributed by atoms with Crippen molar-refractivity contribution < 1.29 is 9.90 Å². The molecule has 0 amide bonds. The molecule has 1 unspecified atom stereocenters. The van der Waals surface area contributed by atoms with Crippen molar-refractivity contribution in [2.24, 2.45) is 0 Å². The third-order valence-corrected chi connectivity index (χ3v) is 4.00. The normalized spacial score (nSPS) is 17.8. The van der Waals surface area contributed by atoms with Crippen LogP contribution in [0.1, 0.15) is 47.4 Å². The molecule has 2 aromatic rings. The van der Waals surface area contributed by atoms with Crippen LogP contribution in [0.3, 0.4) is 0 Å². The molecular formula is C16H18N2O2. The standard InChI is InChI=1S/C16H18N2O2/c1-10-5-7-12(8-6-10)15-17-13(16(19)20)14-11(2)4-3-9-18(14)15/h5-8,11H,3-4,9H2,1-2H3,(H,19,20). The van der Waals surface area contributed by atoms with E-state index in [2.05, 4.69) is 16.5 Å². The number of carbonyl (C=O) groups is 1. The summed E-state index contributed by atoms with van der Waals surface area (Å²) in [5.74, 6) is 0.103. The number of nitrogens with zero attached hydrogens (tertiary/aromatic N) is 2. The lowest BCUT2D eigenvalue weighted by Gasteiger charge is -2.22. The lowest BCUT2D eigenvalue weighted by atomic mass is 9.96. The molecule has 0 radical (unpaired) electrons. The maximum atomic E-state index is 11.4. The Morgan fingerprint density at radius 3 is 2.70 bits per heavy atom. The molecule has 20 heavy (non-hydrogen) atoms. The van der Waals surface area contributed by atoms with Gasteiger partial charge in [-0.1, -0.05) is 36.8 Å². The van der Waals surface area contributed by atoms with E-state index in [0.717, 1.165) is 36.5 Å². The number of aryl methyl sites for hydroxylation is 1. The molecule has 1 N–H and O–H groups in total. The Hall–Kier alpha value is -2.10. The molecule has 1 aromatic carbocycles. The molecule has 1 aliphatic rings. The number of benzene rings is 1. The van der Waals surface area contributed by atoms with Gasteiger partial charge in [0.05, 0.1) is 5.69 Å². The second-order valence-electron chi connectivity index (χ2n) is 5.54. The summed E-state index contributed by atoms with van der Waals surface area (Å²) in [5, 5.41) is 9.39.